The zero-order valence-corrected chi connectivity index (χ0v) is 6.30. The van der Waals surface area contributed by atoms with Gasteiger partial charge in [-0.15, -0.1) is 0 Å². The summed E-state index contributed by atoms with van der Waals surface area (Å²) in [7, 11) is 0. The van der Waals surface area contributed by atoms with Crippen molar-refractivity contribution in [2.24, 2.45) is 5.73 Å². The van der Waals surface area contributed by atoms with Crippen LogP contribution in [0.4, 0.5) is 4.79 Å². The van der Waals surface area contributed by atoms with Crippen LogP contribution in [-0.2, 0) is 9.53 Å². The first kappa shape index (κ1) is 8.94. The van der Waals surface area contributed by atoms with E-state index in [0.29, 0.717) is 0 Å². The van der Waals surface area contributed by atoms with E-state index in [1.165, 1.54) is 20.8 Å². The average Bonchev–Trinajstić information content (AvgIpc) is 1.60. The molecule has 58 valence electrons. The summed E-state index contributed by atoms with van der Waals surface area (Å²) in [5.74, 6) is -0.230. The fraction of sp³-hybridized carbons (Fsp3) is 0.667. The van der Waals surface area contributed by atoms with Crippen molar-refractivity contribution in [3.8, 4) is 0 Å². The summed E-state index contributed by atoms with van der Waals surface area (Å²) in [5.41, 5.74) is 3.61. The molecule has 0 rings (SSSR count). The van der Waals surface area contributed by atoms with E-state index in [-0.39, 0.29) is 5.78 Å². The van der Waals surface area contributed by atoms with Crippen molar-refractivity contribution in [2.75, 3.05) is 0 Å². The van der Waals surface area contributed by atoms with Gasteiger partial charge in [-0.2, -0.15) is 0 Å². The zero-order chi connectivity index (χ0) is 8.36. The van der Waals surface area contributed by atoms with Crippen LogP contribution in [0.1, 0.15) is 20.8 Å². The summed E-state index contributed by atoms with van der Waals surface area (Å²) in [6.45, 7) is 4.31. The van der Waals surface area contributed by atoms with Crippen LogP contribution in [0.5, 0.6) is 0 Å². The molecule has 10 heavy (non-hydrogen) atoms. The lowest BCUT2D eigenvalue weighted by atomic mass is 10.1. The normalized spacial score (nSPS) is 10.7. The molecule has 0 spiro atoms. The van der Waals surface area contributed by atoms with Gasteiger partial charge in [0.1, 0.15) is 0 Å². The largest absolute Gasteiger partial charge is 0.436 e. The van der Waals surface area contributed by atoms with Gasteiger partial charge in [0.05, 0.1) is 0 Å². The van der Waals surface area contributed by atoms with Gasteiger partial charge in [-0.05, 0) is 20.8 Å². The molecule has 0 unspecified atom stereocenters. The Morgan fingerprint density at radius 2 is 1.80 bits per heavy atom. The highest BCUT2D eigenvalue weighted by molar-refractivity contribution is 5.86. The number of hydrogen-bond acceptors (Lipinski definition) is 3. The van der Waals surface area contributed by atoms with Gasteiger partial charge in [0.25, 0.3) is 0 Å². The number of ketones is 1. The fourth-order valence-electron chi connectivity index (χ4n) is 0.323. The third-order valence-corrected chi connectivity index (χ3v) is 1.20. The number of primary amides is 1. The van der Waals surface area contributed by atoms with E-state index in [1.807, 2.05) is 0 Å². The van der Waals surface area contributed by atoms with Gasteiger partial charge < -0.3 is 10.5 Å². The van der Waals surface area contributed by atoms with Crippen LogP contribution >= 0.6 is 0 Å². The highest BCUT2D eigenvalue weighted by atomic mass is 16.6. The maximum atomic E-state index is 10.7. The Morgan fingerprint density at radius 3 is 1.90 bits per heavy atom. The number of ether oxygens (including phenoxy) is 1. The van der Waals surface area contributed by atoms with Crippen LogP contribution in [0.15, 0.2) is 0 Å². The quantitative estimate of drug-likeness (QED) is 0.613. The predicted octanol–water partition coefficient (Wildman–Crippen LogP) is 0.449. The number of carbonyl (C=O) groups is 2. The second-order valence-electron chi connectivity index (χ2n) is 2.49. The van der Waals surface area contributed by atoms with E-state index in [4.69, 9.17) is 5.73 Å². The van der Waals surface area contributed by atoms with Gasteiger partial charge in [-0.3, -0.25) is 4.79 Å². The molecule has 0 radical (unpaired) electrons. The fourth-order valence-corrected chi connectivity index (χ4v) is 0.323. The van der Waals surface area contributed by atoms with Gasteiger partial charge in [-0.1, -0.05) is 0 Å². The molecule has 0 bridgehead atoms. The molecule has 1 amide bonds. The summed E-state index contributed by atoms with van der Waals surface area (Å²) in [6, 6.07) is 0. The van der Waals surface area contributed by atoms with Crippen molar-refractivity contribution in [2.45, 2.75) is 26.4 Å². The second-order valence-corrected chi connectivity index (χ2v) is 2.49. The van der Waals surface area contributed by atoms with Crippen LogP contribution in [0.3, 0.4) is 0 Å². The minimum Gasteiger partial charge on any atom is -0.436 e. The molecule has 0 saturated carbocycles. The second kappa shape index (κ2) is 2.68. The van der Waals surface area contributed by atoms with E-state index in [9.17, 15) is 9.59 Å². The third-order valence-electron chi connectivity index (χ3n) is 1.20. The number of nitrogens with two attached hydrogens (primary N) is 1. The molecule has 0 aliphatic rings. The summed E-state index contributed by atoms with van der Waals surface area (Å²) in [4.78, 5) is 20.8. The number of rotatable bonds is 2. The first-order valence-electron chi connectivity index (χ1n) is 2.86. The maximum absolute atomic E-state index is 10.7. The van der Waals surface area contributed by atoms with Crippen molar-refractivity contribution in [3.05, 3.63) is 0 Å². The third kappa shape index (κ3) is 2.48. The number of carbonyl (C=O) groups excluding carboxylic acids is 2. The van der Waals surface area contributed by atoms with Gasteiger partial charge in [0.2, 0.25) is 0 Å². The molecule has 0 aromatic heterocycles. The van der Waals surface area contributed by atoms with Crippen LogP contribution in [0, 0.1) is 0 Å². The Bertz CT molecular complexity index is 162. The summed E-state index contributed by atoms with van der Waals surface area (Å²) in [6.07, 6.45) is -0.930. The average molecular weight is 145 g/mol. The maximum Gasteiger partial charge on any atom is 0.405 e. The molecule has 0 atom stereocenters. The van der Waals surface area contributed by atoms with Gasteiger partial charge in [-0.25, -0.2) is 4.79 Å². The predicted molar refractivity (Wildman–Crippen MR) is 35.4 cm³/mol. The van der Waals surface area contributed by atoms with Crippen molar-refractivity contribution < 1.29 is 14.3 Å². The van der Waals surface area contributed by atoms with Gasteiger partial charge >= 0.3 is 6.09 Å². The van der Waals surface area contributed by atoms with Crippen LogP contribution < -0.4 is 5.73 Å². The Labute approximate surface area is 59.3 Å². The minimum atomic E-state index is -1.09. The van der Waals surface area contributed by atoms with Crippen molar-refractivity contribution in [1.82, 2.24) is 0 Å². The Hall–Kier alpha value is -1.06. The monoisotopic (exact) mass is 145 g/mol. The zero-order valence-electron chi connectivity index (χ0n) is 6.30. The van der Waals surface area contributed by atoms with Crippen LogP contribution in [0.2, 0.25) is 0 Å². The highest BCUT2D eigenvalue weighted by Gasteiger charge is 2.26. The Kier molecular flexibility index (Phi) is 2.40. The number of Topliss-reactive ketones (excluding diaryl/α,β-unsaturated/α-hetero) is 1. The molecule has 0 saturated heterocycles. The molecular weight excluding hydrogens is 134 g/mol. The van der Waals surface area contributed by atoms with Crippen molar-refractivity contribution in [1.29, 1.82) is 0 Å². The molecule has 4 nitrogen and oxygen atoms in total. The molecular formula is C6H11NO3. The van der Waals surface area contributed by atoms with E-state index in [0.717, 1.165) is 0 Å². The van der Waals surface area contributed by atoms with Crippen LogP contribution in [-0.4, -0.2) is 17.5 Å². The first-order valence-corrected chi connectivity index (χ1v) is 2.86. The van der Waals surface area contributed by atoms with Crippen molar-refractivity contribution >= 4 is 11.9 Å². The highest BCUT2D eigenvalue weighted by Crippen LogP contribution is 2.09. The molecule has 2 N–H and O–H groups in total. The molecule has 0 heterocycles. The van der Waals surface area contributed by atoms with E-state index in [2.05, 4.69) is 4.74 Å². The Balaban J connectivity index is 4.13. The molecule has 0 aliphatic carbocycles. The first-order chi connectivity index (χ1) is 4.36. The standard InChI is InChI=1S/C6H11NO3/c1-4(8)6(2,3)10-5(7)9/h1-3H3,(H2,7,9). The minimum absolute atomic E-state index is 0.230. The number of hydrogen-bond donors (Lipinski definition) is 1. The van der Waals surface area contributed by atoms with E-state index in [1.54, 1.807) is 0 Å². The molecule has 0 aromatic rings. The summed E-state index contributed by atoms with van der Waals surface area (Å²) in [5, 5.41) is 0. The lowest BCUT2D eigenvalue weighted by Crippen LogP contribution is -2.37. The van der Waals surface area contributed by atoms with E-state index >= 15 is 0 Å². The molecule has 4 heteroatoms. The SMILES string of the molecule is CC(=O)C(C)(C)OC(N)=O. The topological polar surface area (TPSA) is 69.4 Å². The Morgan fingerprint density at radius 1 is 1.40 bits per heavy atom. The molecule has 0 aliphatic heterocycles. The molecule has 0 aromatic carbocycles. The summed E-state index contributed by atoms with van der Waals surface area (Å²) >= 11 is 0. The van der Waals surface area contributed by atoms with E-state index < -0.39 is 11.7 Å². The van der Waals surface area contributed by atoms with Gasteiger partial charge in [0, 0.05) is 0 Å². The summed E-state index contributed by atoms with van der Waals surface area (Å²) < 4.78 is 4.49. The molecule has 0 fully saturated rings. The van der Waals surface area contributed by atoms with Gasteiger partial charge in [0.15, 0.2) is 11.4 Å². The lowest BCUT2D eigenvalue weighted by molar-refractivity contribution is -0.131. The van der Waals surface area contributed by atoms with Crippen molar-refractivity contribution in [3.63, 3.8) is 0 Å². The number of amides is 1. The lowest BCUT2D eigenvalue weighted by Gasteiger charge is -2.19. The van der Waals surface area contributed by atoms with Crippen LogP contribution in [0.25, 0.3) is 0 Å². The smallest absolute Gasteiger partial charge is 0.405 e.